The fraction of sp³-hybridized carbons (Fsp3) is 0.429. The Morgan fingerprint density at radius 1 is 1.24 bits per heavy atom. The summed E-state index contributed by atoms with van der Waals surface area (Å²) >= 11 is 0. The van der Waals surface area contributed by atoms with Crippen LogP contribution in [0, 0.1) is 11.7 Å². The van der Waals surface area contributed by atoms with Crippen LogP contribution in [-0.4, -0.2) is 11.8 Å². The lowest BCUT2D eigenvalue weighted by atomic mass is 9.78. The number of piperidine rings is 1. The molecule has 2 rings (SSSR count). The van der Waals surface area contributed by atoms with E-state index in [0.717, 1.165) is 12.1 Å². The van der Waals surface area contributed by atoms with Gasteiger partial charge in [-0.05, 0) is 30.2 Å². The number of amides is 2. The Hall–Kier alpha value is -1.92. The average Bonchev–Trinajstić information content (AvgIpc) is 2.36. The van der Waals surface area contributed by atoms with Crippen molar-refractivity contribution in [3.8, 4) is 0 Å². The molecule has 0 bridgehead atoms. The predicted octanol–water partition coefficient (Wildman–Crippen LogP) is 3.00. The summed E-state index contributed by atoms with van der Waals surface area (Å²) in [5.74, 6) is -3.52. The summed E-state index contributed by atoms with van der Waals surface area (Å²) in [5.41, 5.74) is -1.09. The molecule has 1 aliphatic rings. The zero-order valence-electron chi connectivity index (χ0n) is 11.1. The molecule has 1 aromatic carbocycles. The minimum atomic E-state index is -4.68. The third-order valence-electron chi connectivity index (χ3n) is 3.61. The number of carbonyl (C=O) groups excluding carboxylic acids is 2. The second kappa shape index (κ2) is 5.46. The lowest BCUT2D eigenvalue weighted by molar-refractivity contribution is -0.138. The fourth-order valence-corrected chi connectivity index (χ4v) is 2.62. The van der Waals surface area contributed by atoms with Gasteiger partial charge in [-0.25, -0.2) is 4.39 Å². The minimum Gasteiger partial charge on any atom is -0.296 e. The van der Waals surface area contributed by atoms with Gasteiger partial charge >= 0.3 is 6.18 Å². The third-order valence-corrected chi connectivity index (χ3v) is 3.61. The van der Waals surface area contributed by atoms with Gasteiger partial charge in [0.05, 0.1) is 5.56 Å². The third kappa shape index (κ3) is 3.22. The van der Waals surface area contributed by atoms with Crippen LogP contribution in [0.25, 0.3) is 0 Å². The van der Waals surface area contributed by atoms with Gasteiger partial charge in [-0.1, -0.05) is 6.92 Å². The van der Waals surface area contributed by atoms with Gasteiger partial charge in [0, 0.05) is 18.3 Å². The topological polar surface area (TPSA) is 46.2 Å². The number of carbonyl (C=O) groups is 2. The van der Waals surface area contributed by atoms with E-state index in [-0.39, 0.29) is 12.0 Å². The molecule has 0 saturated carbocycles. The molecular formula is C14H13F4NO2. The van der Waals surface area contributed by atoms with Gasteiger partial charge in [0.1, 0.15) is 5.82 Å². The smallest absolute Gasteiger partial charge is 0.296 e. The maximum absolute atomic E-state index is 13.5. The highest BCUT2D eigenvalue weighted by Gasteiger charge is 2.38. The highest BCUT2D eigenvalue weighted by Crippen LogP contribution is 2.37. The first-order chi connectivity index (χ1) is 9.72. The van der Waals surface area contributed by atoms with Gasteiger partial charge in [-0.15, -0.1) is 0 Å². The largest absolute Gasteiger partial charge is 0.416 e. The van der Waals surface area contributed by atoms with Crippen molar-refractivity contribution < 1.29 is 27.2 Å². The quantitative estimate of drug-likeness (QED) is 0.674. The number of benzene rings is 1. The first kappa shape index (κ1) is 15.5. The van der Waals surface area contributed by atoms with E-state index in [0.29, 0.717) is 12.5 Å². The molecule has 1 saturated heterocycles. The summed E-state index contributed by atoms with van der Waals surface area (Å²) in [7, 11) is 0. The molecule has 2 amide bonds. The zero-order chi connectivity index (χ0) is 15.8. The van der Waals surface area contributed by atoms with Crippen LogP contribution in [0.1, 0.15) is 36.8 Å². The van der Waals surface area contributed by atoms with Crippen LogP contribution in [0.2, 0.25) is 0 Å². The summed E-state index contributed by atoms with van der Waals surface area (Å²) in [6.07, 6.45) is -4.47. The van der Waals surface area contributed by atoms with Crippen LogP contribution >= 0.6 is 0 Å². The minimum absolute atomic E-state index is 0.0253. The standard InChI is InChI=1S/C14H13F4NO2/c1-2-10-11(6-12(20)19-13(10)21)7-3-8(14(16,17)18)5-9(15)4-7/h3-5,10-11H,2,6H2,1H3,(H,19,20,21). The van der Waals surface area contributed by atoms with Crippen LogP contribution in [-0.2, 0) is 15.8 Å². The molecule has 7 heteroatoms. The number of alkyl halides is 3. The molecule has 0 spiro atoms. The van der Waals surface area contributed by atoms with Crippen molar-refractivity contribution in [2.75, 3.05) is 0 Å². The van der Waals surface area contributed by atoms with Gasteiger partial charge in [0.15, 0.2) is 0 Å². The molecule has 21 heavy (non-hydrogen) atoms. The predicted molar refractivity (Wildman–Crippen MR) is 65.7 cm³/mol. The normalized spacial score (nSPS) is 23.1. The molecule has 0 aromatic heterocycles. The molecule has 2 unspecified atom stereocenters. The lowest BCUT2D eigenvalue weighted by Crippen LogP contribution is -2.44. The Morgan fingerprint density at radius 3 is 2.48 bits per heavy atom. The summed E-state index contributed by atoms with van der Waals surface area (Å²) < 4.78 is 51.7. The summed E-state index contributed by atoms with van der Waals surface area (Å²) in [6, 6.07) is 2.16. The Kier molecular flexibility index (Phi) is 4.02. The average molecular weight is 303 g/mol. The highest BCUT2D eigenvalue weighted by atomic mass is 19.4. The molecule has 1 N–H and O–H groups in total. The van der Waals surface area contributed by atoms with Crippen molar-refractivity contribution in [2.45, 2.75) is 31.9 Å². The van der Waals surface area contributed by atoms with Crippen LogP contribution < -0.4 is 5.32 Å². The molecule has 1 aromatic rings. The van der Waals surface area contributed by atoms with Gasteiger partial charge in [-0.3, -0.25) is 14.9 Å². The Morgan fingerprint density at radius 2 is 1.90 bits per heavy atom. The van der Waals surface area contributed by atoms with Crippen molar-refractivity contribution >= 4 is 11.8 Å². The van der Waals surface area contributed by atoms with Gasteiger partial charge < -0.3 is 0 Å². The number of hydrogen-bond donors (Lipinski definition) is 1. The number of nitrogens with one attached hydrogen (secondary N) is 1. The van der Waals surface area contributed by atoms with Crippen molar-refractivity contribution in [1.82, 2.24) is 5.32 Å². The van der Waals surface area contributed by atoms with E-state index in [9.17, 15) is 27.2 Å². The lowest BCUT2D eigenvalue weighted by Gasteiger charge is -2.30. The maximum atomic E-state index is 13.5. The van der Waals surface area contributed by atoms with Crippen molar-refractivity contribution in [3.05, 3.63) is 35.1 Å². The molecule has 2 atom stereocenters. The number of rotatable bonds is 2. The first-order valence-electron chi connectivity index (χ1n) is 6.43. The zero-order valence-corrected chi connectivity index (χ0v) is 11.1. The van der Waals surface area contributed by atoms with Crippen molar-refractivity contribution in [1.29, 1.82) is 0 Å². The molecule has 0 radical (unpaired) electrons. The second-order valence-corrected chi connectivity index (χ2v) is 5.01. The van der Waals surface area contributed by atoms with E-state index in [4.69, 9.17) is 0 Å². The van der Waals surface area contributed by atoms with E-state index >= 15 is 0 Å². The van der Waals surface area contributed by atoms with Gasteiger partial charge in [-0.2, -0.15) is 13.2 Å². The number of halogens is 4. The van der Waals surface area contributed by atoms with E-state index in [1.807, 2.05) is 0 Å². The molecule has 1 heterocycles. The van der Waals surface area contributed by atoms with Crippen molar-refractivity contribution in [3.63, 3.8) is 0 Å². The van der Waals surface area contributed by atoms with Crippen LogP contribution in [0.15, 0.2) is 18.2 Å². The molecular weight excluding hydrogens is 290 g/mol. The maximum Gasteiger partial charge on any atom is 0.416 e. The van der Waals surface area contributed by atoms with Gasteiger partial charge in [0.2, 0.25) is 11.8 Å². The molecule has 114 valence electrons. The Balaban J connectivity index is 2.46. The number of hydrogen-bond acceptors (Lipinski definition) is 2. The van der Waals surface area contributed by atoms with Gasteiger partial charge in [0.25, 0.3) is 0 Å². The molecule has 0 aliphatic carbocycles. The fourth-order valence-electron chi connectivity index (χ4n) is 2.62. The summed E-state index contributed by atoms with van der Waals surface area (Å²) in [5, 5.41) is 2.15. The van der Waals surface area contributed by atoms with Crippen molar-refractivity contribution in [2.24, 2.45) is 5.92 Å². The molecule has 3 nitrogen and oxygen atoms in total. The summed E-state index contributed by atoms with van der Waals surface area (Å²) in [6.45, 7) is 1.69. The first-order valence-corrected chi connectivity index (χ1v) is 6.43. The highest BCUT2D eigenvalue weighted by molar-refractivity contribution is 5.99. The SMILES string of the molecule is CCC1C(=O)NC(=O)CC1c1cc(F)cc(C(F)(F)F)c1. The molecule has 1 aliphatic heterocycles. The Labute approximate surface area is 118 Å². The monoisotopic (exact) mass is 303 g/mol. The molecule has 1 fully saturated rings. The van der Waals surface area contributed by atoms with E-state index in [2.05, 4.69) is 5.32 Å². The van der Waals surface area contributed by atoms with E-state index < -0.39 is 41.2 Å². The van der Waals surface area contributed by atoms with E-state index in [1.54, 1.807) is 6.92 Å². The van der Waals surface area contributed by atoms with Crippen LogP contribution in [0.5, 0.6) is 0 Å². The summed E-state index contributed by atoms with van der Waals surface area (Å²) in [4.78, 5) is 23.2. The number of imide groups is 1. The van der Waals surface area contributed by atoms with Crippen LogP contribution in [0.3, 0.4) is 0 Å². The van der Waals surface area contributed by atoms with Crippen LogP contribution in [0.4, 0.5) is 17.6 Å². The Bertz CT molecular complexity index is 583. The van der Waals surface area contributed by atoms with E-state index in [1.165, 1.54) is 0 Å². The second-order valence-electron chi connectivity index (χ2n) is 5.01.